The maximum atomic E-state index is 12.2. The molecule has 96 valence electrons. The summed E-state index contributed by atoms with van der Waals surface area (Å²) in [4.78, 5) is 14.0. The molecule has 1 aromatic rings. The van der Waals surface area contributed by atoms with Crippen LogP contribution in [0, 0.1) is 0 Å². The highest BCUT2D eigenvalue weighted by Crippen LogP contribution is 2.13. The van der Waals surface area contributed by atoms with Gasteiger partial charge < -0.3 is 15.8 Å². The summed E-state index contributed by atoms with van der Waals surface area (Å²) in [5, 5.41) is 11.5. The lowest BCUT2D eigenvalue weighted by molar-refractivity contribution is 0.0724. The molecule has 0 atom stereocenters. The number of nitrogens with two attached hydrogens (primary N) is 1. The van der Waals surface area contributed by atoms with E-state index in [1.165, 1.54) is 6.42 Å². The van der Waals surface area contributed by atoms with Crippen LogP contribution in [0.4, 0.5) is 0 Å². The molecule has 2 rings (SSSR count). The van der Waals surface area contributed by atoms with Gasteiger partial charge in [-0.15, -0.1) is 0 Å². The van der Waals surface area contributed by atoms with Crippen molar-refractivity contribution in [1.29, 1.82) is 0 Å². The van der Waals surface area contributed by atoms with E-state index in [9.17, 15) is 4.79 Å². The zero-order valence-corrected chi connectivity index (χ0v) is 10.2. The second kappa shape index (κ2) is 5.53. The molecule has 0 aromatic heterocycles. The summed E-state index contributed by atoms with van der Waals surface area (Å²) in [6.07, 6.45) is 3.36. The van der Waals surface area contributed by atoms with Crippen molar-refractivity contribution in [2.75, 3.05) is 13.1 Å². The summed E-state index contributed by atoms with van der Waals surface area (Å²) < 4.78 is 0. The summed E-state index contributed by atoms with van der Waals surface area (Å²) in [6, 6.07) is 6.80. The average Bonchev–Trinajstić information content (AvgIpc) is 2.47. The van der Waals surface area contributed by atoms with Crippen LogP contribution in [0.3, 0.4) is 0 Å². The highest BCUT2D eigenvalue weighted by Gasteiger charge is 2.17. The van der Waals surface area contributed by atoms with Gasteiger partial charge in [-0.25, -0.2) is 0 Å². The van der Waals surface area contributed by atoms with Crippen molar-refractivity contribution in [3.05, 3.63) is 35.4 Å². The number of carbonyl (C=O) groups is 1. The van der Waals surface area contributed by atoms with Gasteiger partial charge in [-0.2, -0.15) is 0 Å². The summed E-state index contributed by atoms with van der Waals surface area (Å²) in [5.41, 5.74) is 6.72. The predicted molar refractivity (Wildman–Crippen MR) is 68.7 cm³/mol. The fourth-order valence-corrected chi connectivity index (χ4v) is 2.12. The monoisotopic (exact) mass is 247 g/mol. The molecule has 3 N–H and O–H groups in total. The Morgan fingerprint density at radius 1 is 1.11 bits per heavy atom. The van der Waals surface area contributed by atoms with Crippen LogP contribution in [0.1, 0.15) is 35.2 Å². The molecule has 1 aliphatic rings. The quantitative estimate of drug-likeness (QED) is 0.359. The lowest BCUT2D eigenvalue weighted by Crippen LogP contribution is -2.35. The van der Waals surface area contributed by atoms with Crippen molar-refractivity contribution in [3.63, 3.8) is 0 Å². The first-order chi connectivity index (χ1) is 8.72. The minimum absolute atomic E-state index is 0.0481. The molecule has 0 spiro atoms. The first-order valence-electron chi connectivity index (χ1n) is 6.09. The molecule has 1 amide bonds. The maximum Gasteiger partial charge on any atom is 0.253 e. The second-order valence-corrected chi connectivity index (χ2v) is 4.42. The van der Waals surface area contributed by atoms with Crippen molar-refractivity contribution >= 4 is 11.7 Å². The highest BCUT2D eigenvalue weighted by atomic mass is 16.4. The molecule has 18 heavy (non-hydrogen) atoms. The van der Waals surface area contributed by atoms with Gasteiger partial charge in [0.15, 0.2) is 5.84 Å². The van der Waals surface area contributed by atoms with Crippen LogP contribution in [0.2, 0.25) is 0 Å². The van der Waals surface area contributed by atoms with E-state index in [4.69, 9.17) is 10.9 Å². The topological polar surface area (TPSA) is 78.9 Å². The Balaban J connectivity index is 2.11. The smallest absolute Gasteiger partial charge is 0.253 e. The lowest BCUT2D eigenvalue weighted by Gasteiger charge is -2.26. The molecule has 0 bridgehead atoms. The molecule has 1 heterocycles. The third kappa shape index (κ3) is 2.61. The van der Waals surface area contributed by atoms with Crippen LogP contribution in [0.15, 0.2) is 29.4 Å². The molecular weight excluding hydrogens is 230 g/mol. The van der Waals surface area contributed by atoms with Gasteiger partial charge in [0, 0.05) is 24.2 Å². The van der Waals surface area contributed by atoms with Gasteiger partial charge in [-0.1, -0.05) is 17.3 Å². The van der Waals surface area contributed by atoms with Crippen LogP contribution in [0.25, 0.3) is 0 Å². The molecule has 5 nitrogen and oxygen atoms in total. The largest absolute Gasteiger partial charge is 0.409 e. The van der Waals surface area contributed by atoms with Crippen molar-refractivity contribution < 1.29 is 10.0 Å². The van der Waals surface area contributed by atoms with Gasteiger partial charge in [0.05, 0.1) is 0 Å². The number of nitrogens with zero attached hydrogens (tertiary/aromatic N) is 2. The summed E-state index contributed by atoms with van der Waals surface area (Å²) in [6.45, 7) is 1.67. The first-order valence-corrected chi connectivity index (χ1v) is 6.09. The Morgan fingerprint density at radius 2 is 1.67 bits per heavy atom. The van der Waals surface area contributed by atoms with Crippen molar-refractivity contribution in [2.24, 2.45) is 10.9 Å². The van der Waals surface area contributed by atoms with Crippen molar-refractivity contribution in [1.82, 2.24) is 4.90 Å². The summed E-state index contributed by atoms with van der Waals surface area (Å²) in [7, 11) is 0. The number of piperidine rings is 1. The fraction of sp³-hybridized carbons (Fsp3) is 0.385. The van der Waals surface area contributed by atoms with E-state index in [0.29, 0.717) is 11.1 Å². The molecule has 1 saturated heterocycles. The number of amidine groups is 1. The van der Waals surface area contributed by atoms with E-state index in [1.54, 1.807) is 24.3 Å². The molecule has 5 heteroatoms. The van der Waals surface area contributed by atoms with Crippen molar-refractivity contribution in [2.45, 2.75) is 19.3 Å². The number of hydrogen-bond donors (Lipinski definition) is 2. The Labute approximate surface area is 106 Å². The minimum Gasteiger partial charge on any atom is -0.409 e. The first kappa shape index (κ1) is 12.4. The van der Waals surface area contributed by atoms with Gasteiger partial charge in [0.1, 0.15) is 0 Å². The SMILES string of the molecule is N/C(=N\O)c1ccc(C(=O)N2CCCCC2)cc1. The van der Waals surface area contributed by atoms with E-state index in [1.807, 2.05) is 4.90 Å². The Kier molecular flexibility index (Phi) is 3.82. The average molecular weight is 247 g/mol. The van der Waals surface area contributed by atoms with E-state index in [2.05, 4.69) is 5.16 Å². The number of oxime groups is 1. The molecule has 0 radical (unpaired) electrons. The molecule has 1 aliphatic heterocycles. The third-order valence-corrected chi connectivity index (χ3v) is 3.18. The number of benzene rings is 1. The van der Waals surface area contributed by atoms with Gasteiger partial charge in [-0.3, -0.25) is 4.79 Å². The van der Waals surface area contributed by atoms with E-state index >= 15 is 0 Å². The van der Waals surface area contributed by atoms with Crippen molar-refractivity contribution in [3.8, 4) is 0 Å². The van der Waals surface area contributed by atoms with Gasteiger partial charge in [0.25, 0.3) is 5.91 Å². The van der Waals surface area contributed by atoms with E-state index in [-0.39, 0.29) is 11.7 Å². The van der Waals surface area contributed by atoms with Crippen LogP contribution < -0.4 is 5.73 Å². The fourth-order valence-electron chi connectivity index (χ4n) is 2.12. The molecular formula is C13H17N3O2. The van der Waals surface area contributed by atoms with E-state index < -0.39 is 0 Å². The number of rotatable bonds is 2. The second-order valence-electron chi connectivity index (χ2n) is 4.42. The van der Waals surface area contributed by atoms with Gasteiger partial charge in [-0.05, 0) is 31.4 Å². The van der Waals surface area contributed by atoms with Crippen LogP contribution in [-0.4, -0.2) is 34.9 Å². The number of carbonyl (C=O) groups excluding carboxylic acids is 1. The number of amides is 1. The summed E-state index contributed by atoms with van der Waals surface area (Å²) >= 11 is 0. The minimum atomic E-state index is 0.0481. The molecule has 1 fully saturated rings. The lowest BCUT2D eigenvalue weighted by atomic mass is 10.1. The van der Waals surface area contributed by atoms with Gasteiger partial charge in [0.2, 0.25) is 0 Å². The van der Waals surface area contributed by atoms with Crippen LogP contribution in [-0.2, 0) is 0 Å². The summed E-state index contributed by atoms with van der Waals surface area (Å²) in [5.74, 6) is 0.104. The Hall–Kier alpha value is -2.04. The molecule has 0 aliphatic carbocycles. The molecule has 0 saturated carbocycles. The zero-order chi connectivity index (χ0) is 13.0. The maximum absolute atomic E-state index is 12.2. The Morgan fingerprint density at radius 3 is 2.22 bits per heavy atom. The zero-order valence-electron chi connectivity index (χ0n) is 10.2. The van der Waals surface area contributed by atoms with Crippen LogP contribution in [0.5, 0.6) is 0 Å². The van der Waals surface area contributed by atoms with Crippen LogP contribution >= 0.6 is 0 Å². The number of hydrogen-bond acceptors (Lipinski definition) is 3. The van der Waals surface area contributed by atoms with Gasteiger partial charge >= 0.3 is 0 Å². The number of likely N-dealkylation sites (tertiary alicyclic amines) is 1. The normalized spacial score (nSPS) is 16.7. The molecule has 1 aromatic carbocycles. The predicted octanol–water partition coefficient (Wildman–Crippen LogP) is 1.41. The highest BCUT2D eigenvalue weighted by molar-refractivity contribution is 5.99. The third-order valence-electron chi connectivity index (χ3n) is 3.18. The standard InChI is InChI=1S/C13H17N3O2/c14-12(15-18)10-4-6-11(7-5-10)13(17)16-8-2-1-3-9-16/h4-7,18H,1-3,8-9H2,(H2,14,15). The Bertz CT molecular complexity index is 448. The molecule has 0 unspecified atom stereocenters. The van der Waals surface area contributed by atoms with E-state index in [0.717, 1.165) is 25.9 Å².